The first-order valence-corrected chi connectivity index (χ1v) is 11.0. The molecule has 0 aliphatic carbocycles. The number of phenolic OH excluding ortho intramolecular Hbond substituents is 2. The topological polar surface area (TPSA) is 88.1 Å². The normalized spacial score (nSPS) is 11.5. The second-order valence-corrected chi connectivity index (χ2v) is 8.42. The van der Waals surface area contributed by atoms with Crippen LogP contribution < -0.4 is 4.74 Å². The molecule has 1 heterocycles. The molecule has 3 aromatic carbocycles. The molecular weight excluding hydrogens is 528 g/mol. The van der Waals surface area contributed by atoms with E-state index in [2.05, 4.69) is 48.8 Å². The molecule has 0 amide bonds. The molecular formula is C23H18Br2N2O4. The lowest BCUT2D eigenvalue weighted by Gasteiger charge is -2.09. The van der Waals surface area contributed by atoms with Gasteiger partial charge < -0.3 is 19.4 Å². The van der Waals surface area contributed by atoms with Crippen LogP contribution in [0.2, 0.25) is 0 Å². The zero-order chi connectivity index (χ0) is 22.1. The van der Waals surface area contributed by atoms with Gasteiger partial charge >= 0.3 is 0 Å². The summed E-state index contributed by atoms with van der Waals surface area (Å²) >= 11 is 6.87. The molecule has 0 aliphatic rings. The monoisotopic (exact) mass is 544 g/mol. The second kappa shape index (κ2) is 8.72. The van der Waals surface area contributed by atoms with Crippen molar-refractivity contribution in [3.63, 3.8) is 0 Å². The lowest BCUT2D eigenvalue weighted by atomic mass is 10.1. The molecule has 0 saturated carbocycles. The Balaban J connectivity index is 1.73. The zero-order valence-electron chi connectivity index (χ0n) is 16.7. The summed E-state index contributed by atoms with van der Waals surface area (Å²) in [6.45, 7) is 2.08. The average molecular weight is 546 g/mol. The van der Waals surface area contributed by atoms with Crippen LogP contribution in [0.15, 0.2) is 60.8 Å². The maximum absolute atomic E-state index is 10.4. The Morgan fingerprint density at radius 1 is 1.13 bits per heavy atom. The van der Waals surface area contributed by atoms with Crippen molar-refractivity contribution < 1.29 is 19.4 Å². The predicted octanol–water partition coefficient (Wildman–Crippen LogP) is 6.75. The van der Waals surface area contributed by atoms with Crippen LogP contribution in [0.25, 0.3) is 22.6 Å². The average Bonchev–Trinajstić information content (AvgIpc) is 3.20. The van der Waals surface area contributed by atoms with Gasteiger partial charge in [0.1, 0.15) is 11.3 Å². The highest BCUT2D eigenvalue weighted by molar-refractivity contribution is 9.13. The molecule has 6 nitrogen and oxygen atoms in total. The highest BCUT2D eigenvalue weighted by atomic mass is 79.9. The van der Waals surface area contributed by atoms with E-state index < -0.39 is 0 Å². The largest absolute Gasteiger partial charge is 0.507 e. The Morgan fingerprint density at radius 3 is 2.68 bits per heavy atom. The number of hydrogen-bond donors (Lipinski definition) is 2. The number of nitrogens with zero attached hydrogens (tertiary/aromatic N) is 2. The van der Waals surface area contributed by atoms with E-state index in [1.54, 1.807) is 18.2 Å². The van der Waals surface area contributed by atoms with Crippen molar-refractivity contribution in [2.45, 2.75) is 13.3 Å². The van der Waals surface area contributed by atoms with E-state index in [0.717, 1.165) is 17.5 Å². The summed E-state index contributed by atoms with van der Waals surface area (Å²) in [5.74, 6) is 0.632. The molecule has 158 valence electrons. The Hall–Kier alpha value is -2.84. The summed E-state index contributed by atoms with van der Waals surface area (Å²) < 4.78 is 12.4. The van der Waals surface area contributed by atoms with Gasteiger partial charge in [0.25, 0.3) is 0 Å². The number of rotatable bonds is 5. The van der Waals surface area contributed by atoms with Crippen LogP contribution in [0, 0.1) is 0 Å². The van der Waals surface area contributed by atoms with E-state index in [1.807, 2.05) is 18.2 Å². The molecule has 0 spiro atoms. The molecule has 2 N–H and O–H groups in total. The van der Waals surface area contributed by atoms with Crippen LogP contribution in [0.4, 0.5) is 5.69 Å². The number of methoxy groups -OCH3 is 1. The van der Waals surface area contributed by atoms with Gasteiger partial charge in [0.05, 0.1) is 23.9 Å². The minimum absolute atomic E-state index is 0.0361. The molecule has 0 fully saturated rings. The first kappa shape index (κ1) is 21.4. The quantitative estimate of drug-likeness (QED) is 0.271. The Kier molecular flexibility index (Phi) is 6.02. The number of benzene rings is 3. The SMILES string of the molecule is CCc1ccc2oc(-c3cc(N=Cc4c(O)c(OC)cc(Br)c4Br)ccc3O)nc2c1. The van der Waals surface area contributed by atoms with Gasteiger partial charge in [0.2, 0.25) is 5.89 Å². The van der Waals surface area contributed by atoms with Crippen molar-refractivity contribution in [1.29, 1.82) is 0 Å². The number of aliphatic imine (C=N–C) groups is 1. The number of oxazole rings is 1. The van der Waals surface area contributed by atoms with Crippen LogP contribution in [0.1, 0.15) is 18.1 Å². The van der Waals surface area contributed by atoms with Gasteiger partial charge in [-0.1, -0.05) is 13.0 Å². The fourth-order valence-corrected chi connectivity index (χ4v) is 3.93. The molecule has 0 bridgehead atoms. The highest BCUT2D eigenvalue weighted by Crippen LogP contribution is 2.40. The van der Waals surface area contributed by atoms with Crippen molar-refractivity contribution in [3.8, 4) is 28.7 Å². The molecule has 0 saturated heterocycles. The molecule has 0 aliphatic heterocycles. The van der Waals surface area contributed by atoms with E-state index in [9.17, 15) is 10.2 Å². The number of ether oxygens (including phenoxy) is 1. The van der Waals surface area contributed by atoms with Crippen LogP contribution in [0.3, 0.4) is 0 Å². The van der Waals surface area contributed by atoms with Crippen molar-refractivity contribution in [2.24, 2.45) is 4.99 Å². The Morgan fingerprint density at radius 2 is 1.94 bits per heavy atom. The molecule has 0 radical (unpaired) electrons. The molecule has 1 aromatic heterocycles. The fourth-order valence-electron chi connectivity index (χ4n) is 3.11. The van der Waals surface area contributed by atoms with Gasteiger partial charge in [-0.15, -0.1) is 0 Å². The van der Waals surface area contributed by atoms with Crippen molar-refractivity contribution in [2.75, 3.05) is 7.11 Å². The van der Waals surface area contributed by atoms with Gasteiger partial charge in [-0.3, -0.25) is 4.99 Å². The second-order valence-electron chi connectivity index (χ2n) is 6.77. The van der Waals surface area contributed by atoms with Gasteiger partial charge in [0.15, 0.2) is 17.1 Å². The summed E-state index contributed by atoms with van der Waals surface area (Å²) in [4.78, 5) is 8.98. The molecule has 4 aromatic rings. The van der Waals surface area contributed by atoms with E-state index >= 15 is 0 Å². The van der Waals surface area contributed by atoms with Crippen molar-refractivity contribution in [3.05, 3.63) is 62.5 Å². The van der Waals surface area contributed by atoms with Crippen LogP contribution in [0.5, 0.6) is 17.2 Å². The summed E-state index contributed by atoms with van der Waals surface area (Å²) in [6.07, 6.45) is 2.42. The maximum atomic E-state index is 10.4. The smallest absolute Gasteiger partial charge is 0.231 e. The number of hydrogen-bond acceptors (Lipinski definition) is 6. The van der Waals surface area contributed by atoms with Gasteiger partial charge in [-0.2, -0.15) is 0 Å². The molecule has 4 rings (SSSR count). The number of halogens is 2. The Bertz CT molecular complexity index is 1310. The van der Waals surface area contributed by atoms with E-state index in [1.165, 1.54) is 19.4 Å². The maximum Gasteiger partial charge on any atom is 0.231 e. The summed E-state index contributed by atoms with van der Waals surface area (Å²) in [5, 5.41) is 20.8. The molecule has 0 unspecified atom stereocenters. The van der Waals surface area contributed by atoms with Gasteiger partial charge in [0, 0.05) is 15.2 Å². The summed E-state index contributed by atoms with van der Waals surface area (Å²) in [6, 6.07) is 12.4. The van der Waals surface area contributed by atoms with Crippen LogP contribution >= 0.6 is 31.9 Å². The molecule has 31 heavy (non-hydrogen) atoms. The number of aryl methyl sites for hydroxylation is 1. The first-order chi connectivity index (χ1) is 14.9. The standard InChI is InChI=1S/C23H18Br2N2O4/c1-3-12-4-7-19-17(8-12)27-23(31-19)14-9-13(5-6-18(14)28)26-11-15-21(25)16(24)10-20(30-2)22(15)29/h4-11,28-29H,3H2,1-2H3. The predicted molar refractivity (Wildman–Crippen MR) is 128 cm³/mol. The molecule has 0 atom stereocenters. The van der Waals surface area contributed by atoms with E-state index in [-0.39, 0.29) is 11.5 Å². The minimum Gasteiger partial charge on any atom is -0.507 e. The summed E-state index contributed by atoms with van der Waals surface area (Å²) in [7, 11) is 1.48. The third kappa shape index (κ3) is 4.18. The minimum atomic E-state index is -0.0361. The van der Waals surface area contributed by atoms with Crippen LogP contribution in [-0.4, -0.2) is 28.5 Å². The lowest BCUT2D eigenvalue weighted by molar-refractivity contribution is 0.372. The van der Waals surface area contributed by atoms with Crippen LogP contribution in [-0.2, 0) is 6.42 Å². The fraction of sp³-hybridized carbons (Fsp3) is 0.130. The Labute approximate surface area is 195 Å². The third-order valence-electron chi connectivity index (χ3n) is 4.83. The lowest BCUT2D eigenvalue weighted by Crippen LogP contribution is -1.92. The molecule has 8 heteroatoms. The number of phenols is 2. The number of aromatic nitrogens is 1. The van der Waals surface area contributed by atoms with E-state index in [0.29, 0.717) is 43.0 Å². The third-order valence-corrected chi connectivity index (χ3v) is 6.84. The first-order valence-electron chi connectivity index (χ1n) is 9.43. The highest BCUT2D eigenvalue weighted by Gasteiger charge is 2.16. The van der Waals surface area contributed by atoms with Crippen molar-refractivity contribution in [1.82, 2.24) is 4.98 Å². The van der Waals surface area contributed by atoms with Crippen molar-refractivity contribution >= 4 is 54.9 Å². The zero-order valence-corrected chi connectivity index (χ0v) is 19.9. The number of aromatic hydroxyl groups is 2. The van der Waals surface area contributed by atoms with Gasteiger partial charge in [-0.25, -0.2) is 4.98 Å². The number of fused-ring (bicyclic) bond motifs is 1. The summed E-state index contributed by atoms with van der Waals surface area (Å²) in [5.41, 5.74) is 3.97. The van der Waals surface area contributed by atoms with Gasteiger partial charge in [-0.05, 0) is 80.2 Å². The van der Waals surface area contributed by atoms with E-state index in [4.69, 9.17) is 9.15 Å².